The molecule has 2 N–H and O–H groups in total. The highest BCUT2D eigenvalue weighted by Crippen LogP contribution is 2.48. The van der Waals surface area contributed by atoms with E-state index >= 15 is 0 Å². The van der Waals surface area contributed by atoms with E-state index < -0.39 is 16.0 Å². The van der Waals surface area contributed by atoms with Crippen molar-refractivity contribution in [2.75, 3.05) is 20.3 Å². The van der Waals surface area contributed by atoms with Crippen molar-refractivity contribution in [3.8, 4) is 0 Å². The molecule has 0 aliphatic heterocycles. The summed E-state index contributed by atoms with van der Waals surface area (Å²) in [5.74, 6) is -0.688. The lowest BCUT2D eigenvalue weighted by Gasteiger charge is -2.15. The molecule has 1 saturated carbocycles. The van der Waals surface area contributed by atoms with Crippen LogP contribution in [0.25, 0.3) is 0 Å². The number of methoxy groups -OCH3 is 1. The number of hydrogen-bond acceptors (Lipinski definition) is 5. The summed E-state index contributed by atoms with van der Waals surface area (Å²) in [5.41, 5.74) is -0.123. The van der Waals surface area contributed by atoms with Crippen molar-refractivity contribution in [1.82, 2.24) is 4.72 Å². The van der Waals surface area contributed by atoms with Crippen molar-refractivity contribution in [3.05, 3.63) is 29.8 Å². The number of esters is 1. The van der Waals surface area contributed by atoms with Crippen LogP contribution in [0.4, 0.5) is 0 Å². The maximum absolute atomic E-state index is 12.4. The lowest BCUT2D eigenvalue weighted by molar-refractivity contribution is 0.0596. The third-order valence-corrected chi connectivity index (χ3v) is 5.28. The summed E-state index contributed by atoms with van der Waals surface area (Å²) in [7, 11) is -2.58. The van der Waals surface area contributed by atoms with Gasteiger partial charge in [-0.1, -0.05) is 12.1 Å². The molecule has 1 aromatic carbocycles. The Labute approximate surface area is 124 Å². The standard InChI is InChI=1S/C14H19NO5S/c1-20-13(17)11-4-2-3-5-12(11)21(18,19)15-10-14(6-7-14)8-9-16/h2-5,15-16H,6-10H2,1H3. The lowest BCUT2D eigenvalue weighted by atomic mass is 10.0. The molecule has 1 aromatic rings. The molecule has 1 fully saturated rings. The van der Waals surface area contributed by atoms with Crippen LogP contribution >= 0.6 is 0 Å². The van der Waals surface area contributed by atoms with Gasteiger partial charge in [-0.15, -0.1) is 0 Å². The molecule has 1 aliphatic rings. The second kappa shape index (κ2) is 6.13. The van der Waals surface area contributed by atoms with Crippen LogP contribution in [0.2, 0.25) is 0 Å². The van der Waals surface area contributed by atoms with Gasteiger partial charge in [0.25, 0.3) is 0 Å². The summed E-state index contributed by atoms with van der Waals surface area (Å²) in [4.78, 5) is 11.6. The first-order chi connectivity index (χ1) is 9.94. The van der Waals surface area contributed by atoms with Crippen molar-refractivity contribution in [2.45, 2.75) is 24.2 Å². The van der Waals surface area contributed by atoms with Crippen LogP contribution in [0.15, 0.2) is 29.2 Å². The number of carbonyl (C=O) groups excluding carboxylic acids is 1. The zero-order valence-electron chi connectivity index (χ0n) is 11.8. The summed E-state index contributed by atoms with van der Waals surface area (Å²) in [6, 6.07) is 5.93. The van der Waals surface area contributed by atoms with E-state index in [1.165, 1.54) is 19.2 Å². The van der Waals surface area contributed by atoms with Gasteiger partial charge in [0.05, 0.1) is 17.6 Å². The first-order valence-electron chi connectivity index (χ1n) is 6.72. The van der Waals surface area contributed by atoms with Crippen molar-refractivity contribution < 1.29 is 23.1 Å². The number of ether oxygens (including phenoxy) is 1. The molecule has 1 aliphatic carbocycles. The minimum Gasteiger partial charge on any atom is -0.465 e. The van der Waals surface area contributed by atoms with E-state index in [9.17, 15) is 13.2 Å². The first-order valence-corrected chi connectivity index (χ1v) is 8.20. The van der Waals surface area contributed by atoms with Gasteiger partial charge in [-0.25, -0.2) is 17.9 Å². The molecule has 7 heteroatoms. The summed E-state index contributed by atoms with van der Waals surface area (Å²) < 4.78 is 31.9. The quantitative estimate of drug-likeness (QED) is 0.730. The molecule has 0 bridgehead atoms. The fourth-order valence-corrected chi connectivity index (χ4v) is 3.58. The van der Waals surface area contributed by atoms with E-state index in [2.05, 4.69) is 9.46 Å². The van der Waals surface area contributed by atoms with Gasteiger partial charge in [0.15, 0.2) is 0 Å². The Morgan fingerprint density at radius 1 is 1.38 bits per heavy atom. The third-order valence-electron chi connectivity index (χ3n) is 3.82. The van der Waals surface area contributed by atoms with Gasteiger partial charge in [0.1, 0.15) is 0 Å². The zero-order chi connectivity index (χ0) is 15.5. The summed E-state index contributed by atoms with van der Waals surface area (Å²) >= 11 is 0. The van der Waals surface area contributed by atoms with Crippen LogP contribution in [0.5, 0.6) is 0 Å². The average Bonchev–Trinajstić information content (AvgIpc) is 3.25. The maximum atomic E-state index is 12.4. The fourth-order valence-electron chi connectivity index (χ4n) is 2.23. The van der Waals surface area contributed by atoms with Crippen molar-refractivity contribution >= 4 is 16.0 Å². The molecule has 0 unspecified atom stereocenters. The SMILES string of the molecule is COC(=O)c1ccccc1S(=O)(=O)NCC1(CCO)CC1. The topological polar surface area (TPSA) is 92.7 Å². The third kappa shape index (κ3) is 3.61. The molecule has 0 heterocycles. The fraction of sp³-hybridized carbons (Fsp3) is 0.500. The second-order valence-electron chi connectivity index (χ2n) is 5.29. The highest BCUT2D eigenvalue weighted by atomic mass is 32.2. The molecular weight excluding hydrogens is 294 g/mol. The Kier molecular flexibility index (Phi) is 4.65. The van der Waals surface area contributed by atoms with Crippen LogP contribution in [0.1, 0.15) is 29.6 Å². The van der Waals surface area contributed by atoms with E-state index in [4.69, 9.17) is 5.11 Å². The van der Waals surface area contributed by atoms with Gasteiger partial charge in [-0.05, 0) is 36.8 Å². The predicted octanol–water partition coefficient (Wildman–Crippen LogP) is 0.914. The Hall–Kier alpha value is -1.44. The molecule has 2 rings (SSSR count). The number of nitrogens with one attached hydrogen (secondary N) is 1. The average molecular weight is 313 g/mol. The molecular formula is C14H19NO5S. The number of hydrogen-bond donors (Lipinski definition) is 2. The molecule has 0 amide bonds. The number of carbonyl (C=O) groups is 1. The number of aliphatic hydroxyl groups is 1. The van der Waals surface area contributed by atoms with Crippen LogP contribution in [-0.2, 0) is 14.8 Å². The second-order valence-corrected chi connectivity index (χ2v) is 7.02. The molecule has 6 nitrogen and oxygen atoms in total. The Morgan fingerprint density at radius 2 is 2.05 bits per heavy atom. The van der Waals surface area contributed by atoms with Crippen molar-refractivity contribution in [3.63, 3.8) is 0 Å². The molecule has 0 atom stereocenters. The van der Waals surface area contributed by atoms with E-state index in [1.807, 2.05) is 0 Å². The molecule has 21 heavy (non-hydrogen) atoms. The predicted molar refractivity (Wildman–Crippen MR) is 76.3 cm³/mol. The number of benzene rings is 1. The smallest absolute Gasteiger partial charge is 0.339 e. The van der Waals surface area contributed by atoms with Crippen molar-refractivity contribution in [1.29, 1.82) is 0 Å². The minimum absolute atomic E-state index is 0.0134. The number of rotatable bonds is 7. The monoisotopic (exact) mass is 313 g/mol. The van der Waals surface area contributed by atoms with Gasteiger partial charge < -0.3 is 9.84 Å². The summed E-state index contributed by atoms with van der Waals surface area (Å²) in [6.45, 7) is 0.311. The maximum Gasteiger partial charge on any atom is 0.339 e. The van der Waals surface area contributed by atoms with Gasteiger partial charge in [-0.2, -0.15) is 0 Å². The van der Waals surface area contributed by atoms with Crippen molar-refractivity contribution in [2.24, 2.45) is 5.41 Å². The van der Waals surface area contributed by atoms with Crippen LogP contribution in [0, 0.1) is 5.41 Å². The van der Waals surface area contributed by atoms with Crippen LogP contribution in [-0.4, -0.2) is 39.8 Å². The van der Waals surface area contributed by atoms with E-state index in [1.54, 1.807) is 12.1 Å². The van der Waals surface area contributed by atoms with Gasteiger partial charge in [-0.3, -0.25) is 0 Å². The minimum atomic E-state index is -3.79. The Morgan fingerprint density at radius 3 is 2.62 bits per heavy atom. The largest absolute Gasteiger partial charge is 0.465 e. The van der Waals surface area contributed by atoms with E-state index in [0.717, 1.165) is 12.8 Å². The van der Waals surface area contributed by atoms with Crippen LogP contribution in [0.3, 0.4) is 0 Å². The van der Waals surface area contributed by atoms with Crippen LogP contribution < -0.4 is 4.72 Å². The molecule has 0 saturated heterocycles. The highest BCUT2D eigenvalue weighted by Gasteiger charge is 2.42. The molecule has 0 spiro atoms. The Balaban J connectivity index is 2.18. The normalized spacial score (nSPS) is 16.5. The van der Waals surface area contributed by atoms with E-state index in [-0.39, 0.29) is 29.0 Å². The highest BCUT2D eigenvalue weighted by molar-refractivity contribution is 7.89. The summed E-state index contributed by atoms with van der Waals surface area (Å²) in [6.07, 6.45) is 2.37. The molecule has 0 radical (unpaired) electrons. The Bertz CT molecular complexity index is 622. The molecule has 0 aromatic heterocycles. The van der Waals surface area contributed by atoms with E-state index in [0.29, 0.717) is 6.42 Å². The van der Waals surface area contributed by atoms with Gasteiger partial charge >= 0.3 is 5.97 Å². The number of aliphatic hydroxyl groups excluding tert-OH is 1. The zero-order valence-corrected chi connectivity index (χ0v) is 12.6. The van der Waals surface area contributed by atoms with Gasteiger partial charge in [0, 0.05) is 13.2 Å². The number of sulfonamides is 1. The molecule has 116 valence electrons. The first kappa shape index (κ1) is 15.9. The van der Waals surface area contributed by atoms with Gasteiger partial charge in [0.2, 0.25) is 10.0 Å². The summed E-state index contributed by atoms with van der Waals surface area (Å²) in [5, 5.41) is 9.00. The lowest BCUT2D eigenvalue weighted by Crippen LogP contribution is -2.31.